The molecule has 1 aliphatic rings. The van der Waals surface area contributed by atoms with Gasteiger partial charge in [0.2, 0.25) is 0 Å². The van der Waals surface area contributed by atoms with Gasteiger partial charge in [0.25, 0.3) is 10.2 Å². The van der Waals surface area contributed by atoms with Crippen LogP contribution in [0.15, 0.2) is 17.5 Å². The first kappa shape index (κ1) is 14.0. The summed E-state index contributed by atoms with van der Waals surface area (Å²) in [5.74, 6) is 0.244. The highest BCUT2D eigenvalue weighted by Gasteiger charge is 2.27. The molecule has 1 aliphatic heterocycles. The zero-order valence-corrected chi connectivity index (χ0v) is 11.7. The van der Waals surface area contributed by atoms with Crippen molar-refractivity contribution in [2.45, 2.75) is 19.4 Å². The van der Waals surface area contributed by atoms with Gasteiger partial charge in [-0.1, -0.05) is 6.07 Å². The van der Waals surface area contributed by atoms with Crippen LogP contribution in [0.1, 0.15) is 17.7 Å². The van der Waals surface area contributed by atoms with E-state index in [1.54, 1.807) is 0 Å². The zero-order valence-electron chi connectivity index (χ0n) is 10.1. The molecule has 1 aromatic heterocycles. The summed E-state index contributed by atoms with van der Waals surface area (Å²) in [5.41, 5.74) is 0. The van der Waals surface area contributed by atoms with E-state index in [4.69, 9.17) is 5.11 Å². The minimum atomic E-state index is -3.38. The molecular weight excluding hydrogens is 272 g/mol. The number of nitrogens with zero attached hydrogens (tertiary/aromatic N) is 1. The first-order chi connectivity index (χ1) is 8.62. The van der Waals surface area contributed by atoms with E-state index >= 15 is 0 Å². The maximum atomic E-state index is 12.0. The van der Waals surface area contributed by atoms with Gasteiger partial charge in [-0.25, -0.2) is 0 Å². The number of nitrogens with one attached hydrogen (secondary N) is 1. The molecule has 0 aliphatic carbocycles. The lowest BCUT2D eigenvalue weighted by Crippen LogP contribution is -2.45. The zero-order chi connectivity index (χ0) is 13.0. The molecule has 102 valence electrons. The highest BCUT2D eigenvalue weighted by Crippen LogP contribution is 2.18. The fourth-order valence-corrected chi connectivity index (χ4v) is 3.95. The maximum absolute atomic E-state index is 12.0. The summed E-state index contributed by atoms with van der Waals surface area (Å²) in [7, 11) is -3.38. The maximum Gasteiger partial charge on any atom is 0.279 e. The van der Waals surface area contributed by atoms with Crippen LogP contribution >= 0.6 is 11.3 Å². The number of piperidine rings is 1. The van der Waals surface area contributed by atoms with Crippen molar-refractivity contribution < 1.29 is 13.5 Å². The molecule has 2 rings (SSSR count). The monoisotopic (exact) mass is 290 g/mol. The lowest BCUT2D eigenvalue weighted by Gasteiger charge is -2.30. The van der Waals surface area contributed by atoms with Crippen molar-refractivity contribution in [1.29, 1.82) is 0 Å². The van der Waals surface area contributed by atoms with Crippen LogP contribution < -0.4 is 4.72 Å². The molecule has 0 saturated carbocycles. The number of aliphatic hydroxyl groups excluding tert-OH is 1. The Balaban J connectivity index is 1.87. The largest absolute Gasteiger partial charge is 0.396 e. The summed E-state index contributed by atoms with van der Waals surface area (Å²) < 4.78 is 28.1. The third kappa shape index (κ3) is 3.52. The smallest absolute Gasteiger partial charge is 0.279 e. The first-order valence-electron chi connectivity index (χ1n) is 6.00. The molecule has 0 unspecified atom stereocenters. The van der Waals surface area contributed by atoms with Crippen LogP contribution in [0.25, 0.3) is 0 Å². The molecular formula is C11H18N2O3S2. The third-order valence-corrected chi connectivity index (χ3v) is 5.61. The second kappa shape index (κ2) is 6.12. The standard InChI is InChI=1S/C11H18N2O3S2/c14-9-10-3-5-13(6-4-10)18(15,16)12-8-11-2-1-7-17-11/h1-2,7,10,12,14H,3-6,8-9H2. The SMILES string of the molecule is O=S(=O)(NCc1cccs1)N1CCC(CO)CC1. The van der Waals surface area contributed by atoms with E-state index in [1.807, 2.05) is 17.5 Å². The molecule has 1 saturated heterocycles. The minimum Gasteiger partial charge on any atom is -0.396 e. The van der Waals surface area contributed by atoms with Crippen LogP contribution in [0.5, 0.6) is 0 Å². The van der Waals surface area contributed by atoms with Crippen molar-refractivity contribution in [2.24, 2.45) is 5.92 Å². The van der Waals surface area contributed by atoms with Gasteiger partial charge in [0, 0.05) is 31.1 Å². The Kier molecular flexibility index (Phi) is 4.74. The van der Waals surface area contributed by atoms with Gasteiger partial charge in [-0.2, -0.15) is 17.4 Å². The lowest BCUT2D eigenvalue weighted by atomic mass is 10.00. The van der Waals surface area contributed by atoms with Crippen LogP contribution in [0.4, 0.5) is 0 Å². The molecule has 0 bridgehead atoms. The van der Waals surface area contributed by atoms with Crippen molar-refractivity contribution in [2.75, 3.05) is 19.7 Å². The molecule has 2 heterocycles. The second-order valence-electron chi connectivity index (χ2n) is 4.43. The average molecular weight is 290 g/mol. The number of rotatable bonds is 5. The van der Waals surface area contributed by atoms with Crippen LogP contribution in [0, 0.1) is 5.92 Å². The minimum absolute atomic E-state index is 0.149. The van der Waals surface area contributed by atoms with Gasteiger partial charge in [-0.3, -0.25) is 0 Å². The molecule has 5 nitrogen and oxygen atoms in total. The average Bonchev–Trinajstić information content (AvgIpc) is 2.90. The molecule has 0 radical (unpaired) electrons. The van der Waals surface area contributed by atoms with Crippen molar-refractivity contribution in [3.63, 3.8) is 0 Å². The summed E-state index contributed by atoms with van der Waals surface area (Å²) >= 11 is 1.54. The predicted molar refractivity (Wildman–Crippen MR) is 71.5 cm³/mol. The lowest BCUT2D eigenvalue weighted by molar-refractivity contribution is 0.169. The molecule has 2 N–H and O–H groups in total. The number of hydrogen-bond donors (Lipinski definition) is 2. The first-order valence-corrected chi connectivity index (χ1v) is 8.32. The van der Waals surface area contributed by atoms with Crippen LogP contribution in [0.3, 0.4) is 0 Å². The normalized spacial score (nSPS) is 19.2. The van der Waals surface area contributed by atoms with Crippen molar-refractivity contribution >= 4 is 21.5 Å². The van der Waals surface area contributed by atoms with Gasteiger partial charge in [0.05, 0.1) is 0 Å². The summed E-state index contributed by atoms with van der Waals surface area (Å²) in [4.78, 5) is 1.00. The van der Waals surface area contributed by atoms with Crippen LogP contribution in [-0.2, 0) is 16.8 Å². The Morgan fingerprint density at radius 1 is 1.44 bits per heavy atom. The van der Waals surface area contributed by atoms with E-state index in [0.29, 0.717) is 19.6 Å². The fourth-order valence-electron chi connectivity index (χ4n) is 2.00. The van der Waals surface area contributed by atoms with Crippen LogP contribution in [0.2, 0.25) is 0 Å². The molecule has 7 heteroatoms. The molecule has 0 amide bonds. The third-order valence-electron chi connectivity index (χ3n) is 3.18. The van der Waals surface area contributed by atoms with E-state index in [2.05, 4.69) is 4.72 Å². The van der Waals surface area contributed by atoms with E-state index in [1.165, 1.54) is 15.6 Å². The van der Waals surface area contributed by atoms with Crippen molar-refractivity contribution in [1.82, 2.24) is 9.03 Å². The second-order valence-corrected chi connectivity index (χ2v) is 7.22. The predicted octanol–water partition coefficient (Wildman–Crippen LogP) is 0.787. The fraction of sp³-hybridized carbons (Fsp3) is 0.636. The highest BCUT2D eigenvalue weighted by atomic mass is 32.2. The summed E-state index contributed by atoms with van der Waals surface area (Å²) in [6, 6.07) is 3.81. The van der Waals surface area contributed by atoms with E-state index < -0.39 is 10.2 Å². The molecule has 0 atom stereocenters. The molecule has 0 spiro atoms. The van der Waals surface area contributed by atoms with Gasteiger partial charge >= 0.3 is 0 Å². The van der Waals surface area contributed by atoms with Gasteiger partial charge in [0.15, 0.2) is 0 Å². The van der Waals surface area contributed by atoms with E-state index in [0.717, 1.165) is 17.7 Å². The molecule has 1 fully saturated rings. The molecule has 18 heavy (non-hydrogen) atoms. The summed E-state index contributed by atoms with van der Waals surface area (Å²) in [5, 5.41) is 11.0. The number of thiophene rings is 1. The van der Waals surface area contributed by atoms with Crippen LogP contribution in [-0.4, -0.2) is 37.5 Å². The van der Waals surface area contributed by atoms with E-state index in [-0.39, 0.29) is 12.5 Å². The van der Waals surface area contributed by atoms with E-state index in [9.17, 15) is 8.42 Å². The van der Waals surface area contributed by atoms with Gasteiger partial charge in [0.1, 0.15) is 0 Å². The van der Waals surface area contributed by atoms with Gasteiger partial charge in [-0.05, 0) is 30.2 Å². The number of hydrogen-bond acceptors (Lipinski definition) is 4. The quantitative estimate of drug-likeness (QED) is 0.842. The topological polar surface area (TPSA) is 69.6 Å². The van der Waals surface area contributed by atoms with Gasteiger partial charge in [-0.15, -0.1) is 11.3 Å². The van der Waals surface area contributed by atoms with Gasteiger partial charge < -0.3 is 5.11 Å². The molecule has 0 aromatic carbocycles. The highest BCUT2D eigenvalue weighted by molar-refractivity contribution is 7.87. The Labute approximate surface area is 112 Å². The Bertz CT molecular complexity index is 451. The Morgan fingerprint density at radius 2 is 2.17 bits per heavy atom. The van der Waals surface area contributed by atoms with Crippen molar-refractivity contribution in [3.05, 3.63) is 22.4 Å². The Morgan fingerprint density at radius 3 is 2.72 bits per heavy atom. The summed E-state index contributed by atoms with van der Waals surface area (Å²) in [6.07, 6.45) is 1.47. The molecule has 1 aromatic rings. The van der Waals surface area contributed by atoms with Crippen molar-refractivity contribution in [3.8, 4) is 0 Å². The summed E-state index contributed by atoms with van der Waals surface area (Å²) in [6.45, 7) is 1.48. The number of aliphatic hydroxyl groups is 1. The Hall–Kier alpha value is -0.470.